The van der Waals surface area contributed by atoms with E-state index in [1.165, 1.54) is 30.1 Å². The van der Waals surface area contributed by atoms with Crippen molar-refractivity contribution in [1.29, 1.82) is 0 Å². The van der Waals surface area contributed by atoms with Gasteiger partial charge < -0.3 is 8.98 Å². The summed E-state index contributed by atoms with van der Waals surface area (Å²) in [5, 5.41) is 8.09. The smallest absolute Gasteiger partial charge is 0.233 e. The molecule has 2 aromatic rings. The molecule has 4 rings (SSSR count). The highest BCUT2D eigenvalue weighted by atomic mass is 16.4. The Balaban J connectivity index is 1.57. The van der Waals surface area contributed by atoms with E-state index >= 15 is 0 Å². The van der Waals surface area contributed by atoms with Gasteiger partial charge in [0.1, 0.15) is 5.82 Å². The lowest BCUT2D eigenvalue weighted by Crippen LogP contribution is -2.33. The van der Waals surface area contributed by atoms with Crippen LogP contribution >= 0.6 is 0 Å². The van der Waals surface area contributed by atoms with Gasteiger partial charge in [0, 0.05) is 45.1 Å². The molecule has 0 saturated heterocycles. The minimum atomic E-state index is 0.144. The molecular formula is C15H21N5O. The lowest BCUT2D eigenvalue weighted by atomic mass is 10.1. The predicted octanol–water partition coefficient (Wildman–Crippen LogP) is 2.11. The average molecular weight is 287 g/mol. The first-order valence-electron chi connectivity index (χ1n) is 7.72. The molecule has 1 aliphatic heterocycles. The van der Waals surface area contributed by atoms with E-state index in [0.717, 1.165) is 19.5 Å². The van der Waals surface area contributed by atoms with Gasteiger partial charge in [-0.05, 0) is 19.8 Å². The number of hydrogen-bond donors (Lipinski definition) is 0. The van der Waals surface area contributed by atoms with Crippen LogP contribution in [0.15, 0.2) is 4.42 Å². The molecule has 0 amide bonds. The molecule has 0 spiro atoms. The van der Waals surface area contributed by atoms with Gasteiger partial charge in [-0.25, -0.2) is 4.98 Å². The minimum Gasteiger partial charge on any atom is -0.424 e. The Morgan fingerprint density at radius 1 is 1.29 bits per heavy atom. The molecule has 3 heterocycles. The molecule has 6 nitrogen and oxygen atoms in total. The highest BCUT2D eigenvalue weighted by Crippen LogP contribution is 2.40. The summed E-state index contributed by atoms with van der Waals surface area (Å²) in [6, 6.07) is 0.144. The average Bonchev–Trinajstić information content (AvgIpc) is 3.16. The highest BCUT2D eigenvalue weighted by Gasteiger charge is 2.33. The van der Waals surface area contributed by atoms with Crippen molar-refractivity contribution in [3.8, 4) is 0 Å². The van der Waals surface area contributed by atoms with E-state index in [2.05, 4.69) is 33.6 Å². The summed E-state index contributed by atoms with van der Waals surface area (Å²) in [6.07, 6.45) is 3.64. The van der Waals surface area contributed by atoms with Crippen molar-refractivity contribution in [2.45, 2.75) is 51.6 Å². The van der Waals surface area contributed by atoms with Crippen LogP contribution in [0.2, 0.25) is 0 Å². The molecule has 2 aliphatic rings. The van der Waals surface area contributed by atoms with Crippen LogP contribution in [-0.2, 0) is 20.0 Å². The summed E-state index contributed by atoms with van der Waals surface area (Å²) in [4.78, 5) is 7.27. The molecule has 2 aromatic heterocycles. The van der Waals surface area contributed by atoms with Crippen LogP contribution in [0.4, 0.5) is 0 Å². The van der Waals surface area contributed by atoms with Crippen molar-refractivity contribution in [3.05, 3.63) is 29.0 Å². The van der Waals surface area contributed by atoms with Crippen molar-refractivity contribution in [2.75, 3.05) is 6.54 Å². The first kappa shape index (κ1) is 13.0. The van der Waals surface area contributed by atoms with Gasteiger partial charge in [0.15, 0.2) is 0 Å². The third kappa shape index (κ3) is 2.18. The molecule has 1 saturated carbocycles. The van der Waals surface area contributed by atoms with E-state index in [1.54, 1.807) is 0 Å². The number of aryl methyl sites for hydroxylation is 1. The van der Waals surface area contributed by atoms with Gasteiger partial charge in [0.05, 0.1) is 11.7 Å². The highest BCUT2D eigenvalue weighted by molar-refractivity contribution is 5.24. The second kappa shape index (κ2) is 4.66. The fourth-order valence-electron chi connectivity index (χ4n) is 3.24. The third-order valence-electron chi connectivity index (χ3n) is 4.71. The number of aromatic nitrogens is 4. The molecule has 1 fully saturated rings. The minimum absolute atomic E-state index is 0.144. The molecule has 0 aromatic carbocycles. The molecule has 21 heavy (non-hydrogen) atoms. The normalized spacial score (nSPS) is 20.5. The lowest BCUT2D eigenvalue weighted by molar-refractivity contribution is 0.162. The van der Waals surface area contributed by atoms with Gasteiger partial charge in [0.25, 0.3) is 0 Å². The fraction of sp³-hybridized carbons (Fsp3) is 0.667. The first-order valence-corrected chi connectivity index (χ1v) is 7.72. The summed E-state index contributed by atoms with van der Waals surface area (Å²) in [5.41, 5.74) is 2.63. The van der Waals surface area contributed by atoms with E-state index < -0.39 is 0 Å². The number of hydrogen-bond acceptors (Lipinski definition) is 5. The molecule has 0 radical (unpaired) electrons. The summed E-state index contributed by atoms with van der Waals surface area (Å²) < 4.78 is 7.90. The van der Waals surface area contributed by atoms with Crippen LogP contribution in [0.25, 0.3) is 0 Å². The van der Waals surface area contributed by atoms with Gasteiger partial charge in [-0.2, -0.15) is 0 Å². The van der Waals surface area contributed by atoms with E-state index in [1.807, 2.05) is 6.92 Å². The molecule has 6 heteroatoms. The molecule has 1 atom stereocenters. The Bertz CT molecular complexity index is 670. The summed E-state index contributed by atoms with van der Waals surface area (Å²) in [5.74, 6) is 3.31. The van der Waals surface area contributed by atoms with Gasteiger partial charge in [-0.15, -0.1) is 10.2 Å². The van der Waals surface area contributed by atoms with Gasteiger partial charge >= 0.3 is 0 Å². The molecule has 112 valence electrons. The van der Waals surface area contributed by atoms with Gasteiger partial charge in [-0.3, -0.25) is 4.90 Å². The summed E-state index contributed by atoms with van der Waals surface area (Å²) >= 11 is 0. The zero-order chi connectivity index (χ0) is 14.6. The van der Waals surface area contributed by atoms with Crippen molar-refractivity contribution < 1.29 is 4.42 Å². The van der Waals surface area contributed by atoms with Crippen LogP contribution in [0.5, 0.6) is 0 Å². The monoisotopic (exact) mass is 287 g/mol. The van der Waals surface area contributed by atoms with E-state index in [0.29, 0.717) is 17.7 Å². The van der Waals surface area contributed by atoms with Crippen molar-refractivity contribution in [3.63, 3.8) is 0 Å². The molecule has 0 bridgehead atoms. The fourth-order valence-corrected chi connectivity index (χ4v) is 3.24. The van der Waals surface area contributed by atoms with Crippen molar-refractivity contribution >= 4 is 0 Å². The van der Waals surface area contributed by atoms with Gasteiger partial charge in [0.2, 0.25) is 11.8 Å². The maximum atomic E-state index is 5.57. The Morgan fingerprint density at radius 2 is 2.10 bits per heavy atom. The zero-order valence-corrected chi connectivity index (χ0v) is 12.8. The Labute approximate surface area is 124 Å². The molecule has 1 aliphatic carbocycles. The molecule has 1 unspecified atom stereocenters. The number of rotatable bonds is 3. The third-order valence-corrected chi connectivity index (χ3v) is 4.71. The standard InChI is InChI=1S/C15H21N5O/c1-9(15-18-17-10(2)21-15)20-7-6-13-12(8-20)16-14(19(13)3)11-4-5-11/h9,11H,4-8H2,1-3H3. The topological polar surface area (TPSA) is 60.0 Å². The van der Waals surface area contributed by atoms with E-state index in [9.17, 15) is 0 Å². The first-order chi connectivity index (χ1) is 10.1. The summed E-state index contributed by atoms with van der Waals surface area (Å²) in [6.45, 7) is 5.85. The predicted molar refractivity (Wildman–Crippen MR) is 76.7 cm³/mol. The van der Waals surface area contributed by atoms with Crippen LogP contribution in [0, 0.1) is 6.92 Å². The number of nitrogens with zero attached hydrogens (tertiary/aromatic N) is 5. The summed E-state index contributed by atoms with van der Waals surface area (Å²) in [7, 11) is 2.17. The quantitative estimate of drug-likeness (QED) is 0.865. The van der Waals surface area contributed by atoms with Crippen LogP contribution in [0.1, 0.15) is 60.7 Å². The zero-order valence-electron chi connectivity index (χ0n) is 12.8. The second-order valence-electron chi connectivity index (χ2n) is 6.25. The van der Waals surface area contributed by atoms with Gasteiger partial charge in [-0.1, -0.05) is 0 Å². The van der Waals surface area contributed by atoms with Crippen LogP contribution in [0.3, 0.4) is 0 Å². The largest absolute Gasteiger partial charge is 0.424 e. The lowest BCUT2D eigenvalue weighted by Gasteiger charge is -2.30. The maximum absolute atomic E-state index is 5.57. The van der Waals surface area contributed by atoms with Crippen LogP contribution < -0.4 is 0 Å². The number of imidazole rings is 1. The van der Waals surface area contributed by atoms with E-state index in [4.69, 9.17) is 9.40 Å². The Hall–Kier alpha value is -1.69. The van der Waals surface area contributed by atoms with Crippen molar-refractivity contribution in [1.82, 2.24) is 24.6 Å². The molecule has 0 N–H and O–H groups in total. The Kier molecular flexibility index (Phi) is 2.89. The number of fused-ring (bicyclic) bond motifs is 1. The van der Waals surface area contributed by atoms with Crippen LogP contribution in [-0.4, -0.2) is 31.2 Å². The molecular weight excluding hydrogens is 266 g/mol. The Morgan fingerprint density at radius 3 is 2.76 bits per heavy atom. The maximum Gasteiger partial charge on any atom is 0.233 e. The van der Waals surface area contributed by atoms with E-state index in [-0.39, 0.29) is 6.04 Å². The SMILES string of the molecule is Cc1nnc(C(C)N2CCc3c(nc(C4CC4)n3C)C2)o1. The second-order valence-corrected chi connectivity index (χ2v) is 6.25. The van der Waals surface area contributed by atoms with Crippen molar-refractivity contribution in [2.24, 2.45) is 7.05 Å².